The Kier molecular flexibility index (Phi) is 4.04. The summed E-state index contributed by atoms with van der Waals surface area (Å²) in [6, 6.07) is 3.52. The molecule has 0 saturated carbocycles. The molecule has 0 atom stereocenters. The van der Waals surface area contributed by atoms with E-state index in [9.17, 15) is 4.79 Å². The molecular formula is C14H22N4O. The Labute approximate surface area is 114 Å². The first kappa shape index (κ1) is 13.8. The van der Waals surface area contributed by atoms with Crippen molar-refractivity contribution in [2.45, 2.75) is 33.1 Å². The van der Waals surface area contributed by atoms with E-state index in [-0.39, 0.29) is 5.91 Å². The molecule has 1 aromatic rings. The van der Waals surface area contributed by atoms with Gasteiger partial charge in [0.05, 0.1) is 5.56 Å². The second-order valence-corrected chi connectivity index (χ2v) is 5.85. The lowest BCUT2D eigenvalue weighted by atomic mass is 9.85. The van der Waals surface area contributed by atoms with Crippen LogP contribution in [-0.4, -0.2) is 28.9 Å². The lowest BCUT2D eigenvalue weighted by molar-refractivity contribution is 0.0758. The summed E-state index contributed by atoms with van der Waals surface area (Å²) in [4.78, 5) is 18.5. The third-order valence-corrected chi connectivity index (χ3v) is 3.80. The van der Waals surface area contributed by atoms with Crippen LogP contribution >= 0.6 is 0 Å². The Bertz CT molecular complexity index is 459. The Morgan fingerprint density at radius 1 is 1.42 bits per heavy atom. The summed E-state index contributed by atoms with van der Waals surface area (Å²) >= 11 is 0. The van der Waals surface area contributed by atoms with Crippen LogP contribution in [0.3, 0.4) is 0 Å². The van der Waals surface area contributed by atoms with Gasteiger partial charge in [0, 0.05) is 19.3 Å². The maximum Gasteiger partial charge on any atom is 0.257 e. The highest BCUT2D eigenvalue weighted by Crippen LogP contribution is 2.30. The van der Waals surface area contributed by atoms with Crippen molar-refractivity contribution in [1.82, 2.24) is 9.88 Å². The van der Waals surface area contributed by atoms with Gasteiger partial charge >= 0.3 is 0 Å². The third-order valence-electron chi connectivity index (χ3n) is 3.80. The van der Waals surface area contributed by atoms with Crippen LogP contribution < -0.4 is 11.3 Å². The Hall–Kier alpha value is -1.62. The molecule has 1 amide bonds. The number of anilines is 1. The zero-order valence-electron chi connectivity index (χ0n) is 11.6. The van der Waals surface area contributed by atoms with Gasteiger partial charge in [-0.05, 0) is 36.8 Å². The van der Waals surface area contributed by atoms with Gasteiger partial charge in [-0.25, -0.2) is 10.8 Å². The minimum absolute atomic E-state index is 0.0127. The molecule has 1 fully saturated rings. The molecule has 1 saturated heterocycles. The Balaban J connectivity index is 2.15. The summed E-state index contributed by atoms with van der Waals surface area (Å²) in [6.07, 6.45) is 4.86. The number of pyridine rings is 1. The number of rotatable bonds is 2. The van der Waals surface area contributed by atoms with Crippen LogP contribution in [0, 0.1) is 5.41 Å². The molecule has 0 unspecified atom stereocenters. The predicted octanol–water partition coefficient (Wildman–Crippen LogP) is 2.02. The first-order valence-corrected chi connectivity index (χ1v) is 6.74. The van der Waals surface area contributed by atoms with Gasteiger partial charge in [-0.1, -0.05) is 13.8 Å². The van der Waals surface area contributed by atoms with Crippen molar-refractivity contribution >= 4 is 11.7 Å². The van der Waals surface area contributed by atoms with Gasteiger partial charge in [0.2, 0.25) is 0 Å². The number of nitrogens with zero attached hydrogens (tertiary/aromatic N) is 2. The minimum atomic E-state index is 0.0127. The molecule has 1 aliphatic rings. The molecule has 104 valence electrons. The van der Waals surface area contributed by atoms with E-state index in [0.29, 0.717) is 16.8 Å². The van der Waals surface area contributed by atoms with Crippen molar-refractivity contribution in [1.29, 1.82) is 0 Å². The summed E-state index contributed by atoms with van der Waals surface area (Å²) in [6.45, 7) is 6.13. The van der Waals surface area contributed by atoms with Crippen LogP contribution in [0.15, 0.2) is 18.3 Å². The smallest absolute Gasteiger partial charge is 0.257 e. The van der Waals surface area contributed by atoms with Crippen molar-refractivity contribution in [2.75, 3.05) is 18.5 Å². The molecule has 2 rings (SSSR count). The molecule has 1 aromatic heterocycles. The molecular weight excluding hydrogens is 240 g/mol. The van der Waals surface area contributed by atoms with Gasteiger partial charge in [-0.2, -0.15) is 0 Å². The van der Waals surface area contributed by atoms with Crippen molar-refractivity contribution in [3.05, 3.63) is 23.9 Å². The first-order valence-electron chi connectivity index (χ1n) is 6.74. The fourth-order valence-electron chi connectivity index (χ4n) is 2.49. The molecule has 3 N–H and O–H groups in total. The average Bonchev–Trinajstić information content (AvgIpc) is 2.59. The highest BCUT2D eigenvalue weighted by atomic mass is 16.2. The molecule has 1 aliphatic heterocycles. The summed E-state index contributed by atoms with van der Waals surface area (Å²) < 4.78 is 0. The molecule has 0 aliphatic carbocycles. The largest absolute Gasteiger partial charge is 0.339 e. The molecule has 5 nitrogen and oxygen atoms in total. The van der Waals surface area contributed by atoms with E-state index in [1.54, 1.807) is 18.3 Å². The van der Waals surface area contributed by atoms with Crippen molar-refractivity contribution < 1.29 is 4.79 Å². The number of carbonyl (C=O) groups is 1. The normalized spacial score (nSPS) is 18.8. The molecule has 5 heteroatoms. The van der Waals surface area contributed by atoms with Crippen LogP contribution in [-0.2, 0) is 0 Å². The van der Waals surface area contributed by atoms with Crippen LogP contribution in [0.1, 0.15) is 43.5 Å². The van der Waals surface area contributed by atoms with E-state index in [4.69, 9.17) is 5.84 Å². The summed E-state index contributed by atoms with van der Waals surface area (Å²) in [5.41, 5.74) is 3.35. The van der Waals surface area contributed by atoms with Gasteiger partial charge in [-0.3, -0.25) is 4.79 Å². The number of carbonyl (C=O) groups excluding carboxylic acids is 1. The second-order valence-electron chi connectivity index (χ2n) is 5.85. The molecule has 19 heavy (non-hydrogen) atoms. The van der Waals surface area contributed by atoms with Gasteiger partial charge in [0.1, 0.15) is 0 Å². The monoisotopic (exact) mass is 262 g/mol. The fraction of sp³-hybridized carbons (Fsp3) is 0.571. The average molecular weight is 262 g/mol. The van der Waals surface area contributed by atoms with Crippen molar-refractivity contribution in [2.24, 2.45) is 11.3 Å². The quantitative estimate of drug-likeness (QED) is 0.632. The highest BCUT2D eigenvalue weighted by molar-refractivity contribution is 5.98. The number of likely N-dealkylation sites (tertiary alicyclic amines) is 1. The lowest BCUT2D eigenvalue weighted by Crippen LogP contribution is -2.33. The zero-order valence-corrected chi connectivity index (χ0v) is 11.6. The van der Waals surface area contributed by atoms with Crippen LogP contribution in [0.4, 0.5) is 5.82 Å². The SMILES string of the molecule is CC1(C)CCCN(C(=O)c2cccnc2NN)CC1. The number of nitrogen functional groups attached to an aromatic ring is 1. The van der Waals surface area contributed by atoms with Crippen molar-refractivity contribution in [3.8, 4) is 0 Å². The maximum atomic E-state index is 12.5. The molecule has 0 bridgehead atoms. The Morgan fingerprint density at radius 2 is 2.21 bits per heavy atom. The fourth-order valence-corrected chi connectivity index (χ4v) is 2.49. The van der Waals surface area contributed by atoms with Crippen LogP contribution in [0.2, 0.25) is 0 Å². The summed E-state index contributed by atoms with van der Waals surface area (Å²) in [5.74, 6) is 5.86. The van der Waals surface area contributed by atoms with E-state index in [1.807, 2.05) is 4.90 Å². The van der Waals surface area contributed by atoms with E-state index < -0.39 is 0 Å². The number of hydrazine groups is 1. The van der Waals surface area contributed by atoms with Gasteiger partial charge < -0.3 is 10.3 Å². The number of nitrogens with two attached hydrogens (primary N) is 1. The number of amides is 1. The molecule has 0 aromatic carbocycles. The molecule has 0 radical (unpaired) electrons. The number of hydrogen-bond donors (Lipinski definition) is 2. The Morgan fingerprint density at radius 3 is 2.95 bits per heavy atom. The second kappa shape index (κ2) is 5.57. The first-order chi connectivity index (χ1) is 9.03. The van der Waals surface area contributed by atoms with Gasteiger partial charge in [0.15, 0.2) is 5.82 Å². The maximum absolute atomic E-state index is 12.5. The summed E-state index contributed by atoms with van der Waals surface area (Å²) in [5, 5.41) is 0. The highest BCUT2D eigenvalue weighted by Gasteiger charge is 2.26. The van der Waals surface area contributed by atoms with Gasteiger partial charge in [-0.15, -0.1) is 0 Å². The third kappa shape index (κ3) is 3.23. The van der Waals surface area contributed by atoms with Crippen molar-refractivity contribution in [3.63, 3.8) is 0 Å². The van der Waals surface area contributed by atoms with E-state index >= 15 is 0 Å². The standard InChI is InChI=1S/C14H22N4O/c1-14(2)6-4-9-18(10-7-14)13(19)11-5-3-8-16-12(11)17-15/h3,5,8H,4,6-7,9-10,15H2,1-2H3,(H,16,17). The topological polar surface area (TPSA) is 71.2 Å². The predicted molar refractivity (Wildman–Crippen MR) is 75.6 cm³/mol. The van der Waals surface area contributed by atoms with E-state index in [2.05, 4.69) is 24.3 Å². The number of hydrogen-bond acceptors (Lipinski definition) is 4. The van der Waals surface area contributed by atoms with E-state index in [0.717, 1.165) is 32.4 Å². The minimum Gasteiger partial charge on any atom is -0.339 e. The number of nitrogens with one attached hydrogen (secondary N) is 1. The molecule has 2 heterocycles. The van der Waals surface area contributed by atoms with E-state index in [1.165, 1.54) is 0 Å². The zero-order chi connectivity index (χ0) is 13.9. The van der Waals surface area contributed by atoms with Crippen LogP contribution in [0.25, 0.3) is 0 Å². The summed E-state index contributed by atoms with van der Waals surface area (Å²) in [7, 11) is 0. The van der Waals surface area contributed by atoms with Crippen LogP contribution in [0.5, 0.6) is 0 Å². The number of aromatic nitrogens is 1. The molecule has 0 spiro atoms. The van der Waals surface area contributed by atoms with Gasteiger partial charge in [0.25, 0.3) is 5.91 Å². The lowest BCUT2D eigenvalue weighted by Gasteiger charge is -2.23.